The number of aliphatic hydroxyl groups is 3. The minimum atomic E-state index is -2.28. The van der Waals surface area contributed by atoms with Crippen molar-refractivity contribution >= 4 is 17.7 Å². The monoisotopic (exact) mass is 586 g/mol. The number of carbonyl (C=O) groups is 3. The number of hydrogen-bond acceptors (Lipinski definition) is 8. The van der Waals surface area contributed by atoms with Crippen molar-refractivity contribution in [3.05, 3.63) is 34.4 Å². The summed E-state index contributed by atoms with van der Waals surface area (Å²) in [7, 11) is 0. The molecule has 4 rings (SSSR count). The van der Waals surface area contributed by atoms with Crippen LogP contribution in [0.3, 0.4) is 0 Å². The van der Waals surface area contributed by atoms with Crippen molar-refractivity contribution in [2.75, 3.05) is 6.61 Å². The zero-order valence-corrected chi connectivity index (χ0v) is 26.6. The predicted molar refractivity (Wildman–Crippen MR) is 158 cm³/mol. The first-order chi connectivity index (χ1) is 19.5. The second kappa shape index (κ2) is 11.3. The average Bonchev–Trinajstić information content (AvgIpc) is 3.34. The van der Waals surface area contributed by atoms with Crippen molar-refractivity contribution in [1.29, 1.82) is 0 Å². The minimum Gasteiger partial charge on any atom is -0.458 e. The Morgan fingerprint density at radius 2 is 1.69 bits per heavy atom. The van der Waals surface area contributed by atoms with Crippen LogP contribution >= 0.6 is 0 Å². The van der Waals surface area contributed by atoms with Crippen LogP contribution in [-0.2, 0) is 23.9 Å². The fraction of sp³-hybridized carbons (Fsp3) is 0.735. The molecule has 0 aromatic rings. The molecule has 2 fully saturated rings. The topological polar surface area (TPSA) is 130 Å². The molecule has 4 aliphatic carbocycles. The first kappa shape index (κ1) is 32.6. The molecule has 0 aliphatic heterocycles. The number of aliphatic hydroxyl groups excluding tert-OH is 2. The Hall–Kier alpha value is -2.29. The molecule has 42 heavy (non-hydrogen) atoms. The first-order valence-corrected chi connectivity index (χ1v) is 15.6. The lowest BCUT2D eigenvalue weighted by molar-refractivity contribution is -0.192. The van der Waals surface area contributed by atoms with Gasteiger partial charge >= 0.3 is 11.9 Å². The molecule has 234 valence electrons. The number of carbonyl (C=O) groups excluding carboxylic acids is 3. The Labute approximate surface area is 250 Å². The van der Waals surface area contributed by atoms with Crippen LogP contribution in [0.25, 0.3) is 0 Å². The summed E-state index contributed by atoms with van der Waals surface area (Å²) in [5.74, 6) is -3.00. The van der Waals surface area contributed by atoms with Crippen LogP contribution < -0.4 is 0 Å². The van der Waals surface area contributed by atoms with Gasteiger partial charge in [-0.2, -0.15) is 0 Å². The van der Waals surface area contributed by atoms with Crippen LogP contribution in [0, 0.1) is 28.6 Å². The standard InChI is InChI=1S/C34H50O8/c1-9-10-11-12-13-14-25(35)42-33-17-21(5)32-16-20(4)27(36)34(32,40)28(37)23(18-41-30(39)22(6)19(2)3)15-24(29(32)38)26(33)31(33,7)8/h15-16,21,24,26-28,36-37,40H,9-14,17-18H2,1-8H3/t21-,24+,26-,27+,28-,32+,33+,34-/m1/s1. The van der Waals surface area contributed by atoms with E-state index in [1.807, 2.05) is 20.8 Å². The van der Waals surface area contributed by atoms with Gasteiger partial charge in [0.15, 0.2) is 5.78 Å². The molecule has 0 heterocycles. The van der Waals surface area contributed by atoms with Gasteiger partial charge in [-0.25, -0.2) is 4.79 Å². The van der Waals surface area contributed by atoms with E-state index in [2.05, 4.69) is 6.92 Å². The van der Waals surface area contributed by atoms with Gasteiger partial charge in [0.25, 0.3) is 0 Å². The van der Waals surface area contributed by atoms with E-state index >= 15 is 0 Å². The molecular weight excluding hydrogens is 536 g/mol. The van der Waals surface area contributed by atoms with Crippen molar-refractivity contribution < 1.29 is 39.2 Å². The molecule has 8 heteroatoms. The molecule has 0 saturated heterocycles. The fourth-order valence-electron chi connectivity index (χ4n) is 8.31. The molecule has 1 spiro atoms. The van der Waals surface area contributed by atoms with E-state index in [1.54, 1.807) is 39.8 Å². The lowest BCUT2D eigenvalue weighted by Gasteiger charge is -2.48. The molecule has 0 amide bonds. The molecule has 4 aliphatic rings. The lowest BCUT2D eigenvalue weighted by Crippen LogP contribution is -2.65. The highest BCUT2D eigenvalue weighted by atomic mass is 16.6. The first-order valence-electron chi connectivity index (χ1n) is 15.6. The zero-order chi connectivity index (χ0) is 31.4. The summed E-state index contributed by atoms with van der Waals surface area (Å²) in [6.07, 6.45) is 5.65. The maximum Gasteiger partial charge on any atom is 0.333 e. The quantitative estimate of drug-likeness (QED) is 0.145. The summed E-state index contributed by atoms with van der Waals surface area (Å²) in [4.78, 5) is 40.6. The largest absolute Gasteiger partial charge is 0.458 e. The molecule has 0 radical (unpaired) electrons. The number of allylic oxidation sites excluding steroid dienone is 2. The smallest absolute Gasteiger partial charge is 0.333 e. The van der Waals surface area contributed by atoms with Crippen LogP contribution in [0.2, 0.25) is 0 Å². The van der Waals surface area contributed by atoms with Crippen molar-refractivity contribution in [2.45, 2.75) is 124 Å². The summed E-state index contributed by atoms with van der Waals surface area (Å²) in [5, 5.41) is 35.4. The van der Waals surface area contributed by atoms with Crippen LogP contribution in [0.15, 0.2) is 34.4 Å². The van der Waals surface area contributed by atoms with Crippen LogP contribution in [0.1, 0.15) is 100 Å². The number of fused-ring (bicyclic) bond motifs is 3. The minimum absolute atomic E-state index is 0.155. The number of ketones is 1. The molecular formula is C34H50O8. The zero-order valence-electron chi connectivity index (χ0n) is 26.6. The molecule has 8 nitrogen and oxygen atoms in total. The SMILES string of the molecule is CCCCCCCC(=O)O[C@@]12C[C@@H](C)[C@]34C=C(C)[C@H](O)[C@@]3(O)[C@H](O)C(COC(=O)C(C)=C(C)C)=C[C@H](C4=O)[C@@H]1C2(C)C. The van der Waals surface area contributed by atoms with Crippen molar-refractivity contribution in [3.8, 4) is 0 Å². The highest BCUT2D eigenvalue weighted by Gasteiger charge is 2.83. The van der Waals surface area contributed by atoms with E-state index in [9.17, 15) is 29.7 Å². The van der Waals surface area contributed by atoms with Crippen molar-refractivity contribution in [3.63, 3.8) is 0 Å². The molecule has 0 aromatic carbocycles. The van der Waals surface area contributed by atoms with Crippen molar-refractivity contribution in [2.24, 2.45) is 28.6 Å². The highest BCUT2D eigenvalue weighted by molar-refractivity contribution is 5.96. The Morgan fingerprint density at radius 1 is 1.05 bits per heavy atom. The number of ether oxygens (including phenoxy) is 2. The Morgan fingerprint density at radius 3 is 2.31 bits per heavy atom. The van der Waals surface area contributed by atoms with Gasteiger partial charge in [-0.1, -0.05) is 71.1 Å². The number of hydrogen-bond donors (Lipinski definition) is 3. The number of Topliss-reactive ketones (excluding diaryl/α,β-unsaturated/α-hetero) is 1. The van der Waals surface area contributed by atoms with Gasteiger partial charge in [-0.15, -0.1) is 0 Å². The van der Waals surface area contributed by atoms with Gasteiger partial charge in [0.05, 0.1) is 5.41 Å². The third-order valence-electron chi connectivity index (χ3n) is 11.1. The summed E-state index contributed by atoms with van der Waals surface area (Å²) in [5.41, 5.74) is -3.65. The highest BCUT2D eigenvalue weighted by Crippen LogP contribution is 2.75. The Kier molecular flexibility index (Phi) is 8.80. The van der Waals surface area contributed by atoms with E-state index in [1.165, 1.54) is 0 Å². The lowest BCUT2D eigenvalue weighted by atomic mass is 9.59. The fourth-order valence-corrected chi connectivity index (χ4v) is 8.31. The maximum atomic E-state index is 14.7. The summed E-state index contributed by atoms with van der Waals surface area (Å²) in [6, 6.07) is 0. The van der Waals surface area contributed by atoms with Crippen LogP contribution in [-0.4, -0.2) is 63.1 Å². The Bertz CT molecular complexity index is 1220. The summed E-state index contributed by atoms with van der Waals surface area (Å²) >= 11 is 0. The van der Waals surface area contributed by atoms with Gasteiger partial charge in [0, 0.05) is 29.2 Å². The van der Waals surface area contributed by atoms with Gasteiger partial charge in [-0.05, 0) is 57.6 Å². The van der Waals surface area contributed by atoms with Crippen molar-refractivity contribution in [1.82, 2.24) is 0 Å². The average molecular weight is 587 g/mol. The van der Waals surface area contributed by atoms with Gasteiger partial charge in [0.1, 0.15) is 30.0 Å². The predicted octanol–water partition coefficient (Wildman–Crippen LogP) is 4.75. The normalized spacial score (nSPS) is 37.8. The van der Waals surface area contributed by atoms with E-state index < -0.39 is 58.0 Å². The second-order valence-electron chi connectivity index (χ2n) is 14.1. The van der Waals surface area contributed by atoms with Gasteiger partial charge < -0.3 is 24.8 Å². The van der Waals surface area contributed by atoms with E-state index in [-0.39, 0.29) is 23.9 Å². The van der Waals surface area contributed by atoms with Gasteiger partial charge in [0.2, 0.25) is 0 Å². The van der Waals surface area contributed by atoms with E-state index in [0.717, 1.165) is 37.7 Å². The number of esters is 2. The van der Waals surface area contributed by atoms with E-state index in [0.29, 0.717) is 24.0 Å². The van der Waals surface area contributed by atoms with E-state index in [4.69, 9.17) is 9.47 Å². The van der Waals surface area contributed by atoms with Crippen LogP contribution in [0.4, 0.5) is 0 Å². The third-order valence-corrected chi connectivity index (χ3v) is 11.1. The molecule has 0 aromatic heterocycles. The summed E-state index contributed by atoms with van der Waals surface area (Å²) < 4.78 is 11.9. The summed E-state index contributed by atoms with van der Waals surface area (Å²) in [6.45, 7) is 14.5. The molecule has 2 saturated carbocycles. The number of rotatable bonds is 10. The third kappa shape index (κ3) is 4.63. The van der Waals surface area contributed by atoms with Crippen LogP contribution in [0.5, 0.6) is 0 Å². The molecule has 0 unspecified atom stereocenters. The number of unbranched alkanes of at least 4 members (excludes halogenated alkanes) is 4. The second-order valence-corrected chi connectivity index (χ2v) is 14.1. The molecule has 2 bridgehead atoms. The maximum absolute atomic E-state index is 14.7. The molecule has 8 atom stereocenters. The Balaban J connectivity index is 1.75. The molecule has 3 N–H and O–H groups in total. The van der Waals surface area contributed by atoms with Gasteiger partial charge in [-0.3, -0.25) is 9.59 Å².